The number of aromatic nitrogens is 2. The Labute approximate surface area is 103 Å². The van der Waals surface area contributed by atoms with Gasteiger partial charge < -0.3 is 10.0 Å². The summed E-state index contributed by atoms with van der Waals surface area (Å²) in [6, 6.07) is 0.559. The summed E-state index contributed by atoms with van der Waals surface area (Å²) in [5.41, 5.74) is 0.823. The minimum atomic E-state index is 0.00662. The summed E-state index contributed by atoms with van der Waals surface area (Å²) in [7, 11) is 2.08. The van der Waals surface area contributed by atoms with Crippen molar-refractivity contribution in [2.24, 2.45) is 0 Å². The standard InChI is InChI=1S/C13H21N3O/c1-10-14-8-11(9-17)13(15-10)16(2)12-6-4-3-5-7-12/h8,12,17H,3-7,9H2,1-2H3. The Bertz CT molecular complexity index is 375. The summed E-state index contributed by atoms with van der Waals surface area (Å²) in [6.07, 6.45) is 8.13. The number of aryl methyl sites for hydroxylation is 1. The van der Waals surface area contributed by atoms with Gasteiger partial charge in [-0.15, -0.1) is 0 Å². The van der Waals surface area contributed by atoms with Crippen LogP contribution in [0.1, 0.15) is 43.5 Å². The lowest BCUT2D eigenvalue weighted by atomic mass is 9.94. The zero-order valence-electron chi connectivity index (χ0n) is 10.7. The van der Waals surface area contributed by atoms with Gasteiger partial charge in [-0.1, -0.05) is 19.3 Å². The lowest BCUT2D eigenvalue weighted by Gasteiger charge is -2.33. The van der Waals surface area contributed by atoms with E-state index >= 15 is 0 Å². The van der Waals surface area contributed by atoms with E-state index in [0.717, 1.165) is 17.2 Å². The minimum absolute atomic E-state index is 0.00662. The fourth-order valence-corrected chi connectivity index (χ4v) is 2.54. The first-order valence-corrected chi connectivity index (χ1v) is 6.38. The quantitative estimate of drug-likeness (QED) is 0.871. The van der Waals surface area contributed by atoms with Crippen LogP contribution in [0.25, 0.3) is 0 Å². The van der Waals surface area contributed by atoms with E-state index in [0.29, 0.717) is 6.04 Å². The van der Waals surface area contributed by atoms with Gasteiger partial charge in [-0.2, -0.15) is 0 Å². The maximum absolute atomic E-state index is 9.35. The van der Waals surface area contributed by atoms with Crippen molar-refractivity contribution in [3.8, 4) is 0 Å². The smallest absolute Gasteiger partial charge is 0.137 e. The summed E-state index contributed by atoms with van der Waals surface area (Å²) in [4.78, 5) is 10.8. The SMILES string of the molecule is Cc1ncc(CO)c(N(C)C2CCCCC2)n1. The molecule has 1 heterocycles. The number of aliphatic hydroxyl groups is 1. The van der Waals surface area contributed by atoms with Crippen LogP contribution in [-0.2, 0) is 6.61 Å². The lowest BCUT2D eigenvalue weighted by molar-refractivity contribution is 0.280. The molecule has 17 heavy (non-hydrogen) atoms. The summed E-state index contributed by atoms with van der Waals surface area (Å²) in [5, 5.41) is 9.35. The molecule has 0 aliphatic heterocycles. The Hall–Kier alpha value is -1.16. The van der Waals surface area contributed by atoms with Crippen LogP contribution in [0.5, 0.6) is 0 Å². The first-order chi connectivity index (χ1) is 8.22. The highest BCUT2D eigenvalue weighted by atomic mass is 16.3. The zero-order chi connectivity index (χ0) is 12.3. The van der Waals surface area contributed by atoms with Crippen LogP contribution < -0.4 is 4.90 Å². The van der Waals surface area contributed by atoms with E-state index in [1.807, 2.05) is 6.92 Å². The third-order valence-corrected chi connectivity index (χ3v) is 3.59. The molecule has 0 amide bonds. The van der Waals surface area contributed by atoms with Gasteiger partial charge in [0.2, 0.25) is 0 Å². The predicted molar refractivity (Wildman–Crippen MR) is 68.0 cm³/mol. The first kappa shape index (κ1) is 12.3. The van der Waals surface area contributed by atoms with Gasteiger partial charge in [0, 0.05) is 24.8 Å². The molecule has 1 N–H and O–H groups in total. The molecule has 4 heteroatoms. The Kier molecular flexibility index (Phi) is 3.94. The molecule has 94 valence electrons. The van der Waals surface area contributed by atoms with Crippen molar-refractivity contribution in [1.29, 1.82) is 0 Å². The summed E-state index contributed by atoms with van der Waals surface area (Å²) >= 11 is 0. The second kappa shape index (κ2) is 5.45. The molecule has 2 rings (SSSR count). The molecule has 0 aromatic carbocycles. The third-order valence-electron chi connectivity index (χ3n) is 3.59. The van der Waals surface area contributed by atoms with Gasteiger partial charge in [-0.3, -0.25) is 0 Å². The van der Waals surface area contributed by atoms with Crippen LogP contribution in [0.15, 0.2) is 6.20 Å². The second-order valence-corrected chi connectivity index (χ2v) is 4.83. The largest absolute Gasteiger partial charge is 0.391 e. The summed E-state index contributed by atoms with van der Waals surface area (Å²) in [6.45, 7) is 1.89. The number of nitrogens with zero attached hydrogens (tertiary/aromatic N) is 3. The number of hydrogen-bond acceptors (Lipinski definition) is 4. The van der Waals surface area contributed by atoms with Crippen molar-refractivity contribution >= 4 is 5.82 Å². The fourth-order valence-electron chi connectivity index (χ4n) is 2.54. The van der Waals surface area contributed by atoms with Gasteiger partial charge in [-0.25, -0.2) is 9.97 Å². The second-order valence-electron chi connectivity index (χ2n) is 4.83. The van der Waals surface area contributed by atoms with Crippen molar-refractivity contribution < 1.29 is 5.11 Å². The van der Waals surface area contributed by atoms with E-state index in [-0.39, 0.29) is 6.61 Å². The molecule has 1 fully saturated rings. The van der Waals surface area contributed by atoms with Crippen LogP contribution in [0.3, 0.4) is 0 Å². The van der Waals surface area contributed by atoms with Crippen LogP contribution in [0.4, 0.5) is 5.82 Å². The Morgan fingerprint density at radius 2 is 2.06 bits per heavy atom. The third kappa shape index (κ3) is 2.75. The van der Waals surface area contributed by atoms with E-state index in [2.05, 4.69) is 21.9 Å². The van der Waals surface area contributed by atoms with Gasteiger partial charge in [0.15, 0.2) is 0 Å². The Balaban J connectivity index is 2.21. The maximum Gasteiger partial charge on any atom is 0.137 e. The van der Waals surface area contributed by atoms with Gasteiger partial charge in [0.1, 0.15) is 11.6 Å². The molecule has 1 aromatic heterocycles. The molecule has 1 aliphatic carbocycles. The fraction of sp³-hybridized carbons (Fsp3) is 0.692. The molecule has 0 radical (unpaired) electrons. The topological polar surface area (TPSA) is 49.3 Å². The molecule has 0 unspecified atom stereocenters. The first-order valence-electron chi connectivity index (χ1n) is 6.38. The van der Waals surface area contributed by atoms with Crippen LogP contribution >= 0.6 is 0 Å². The molecular weight excluding hydrogens is 214 g/mol. The van der Waals surface area contributed by atoms with E-state index < -0.39 is 0 Å². The number of anilines is 1. The average Bonchev–Trinajstić information content (AvgIpc) is 2.39. The monoisotopic (exact) mass is 235 g/mol. The van der Waals surface area contributed by atoms with Gasteiger partial charge >= 0.3 is 0 Å². The summed E-state index contributed by atoms with van der Waals surface area (Å²) < 4.78 is 0. The highest BCUT2D eigenvalue weighted by Gasteiger charge is 2.21. The van der Waals surface area contributed by atoms with Gasteiger partial charge in [0.05, 0.1) is 6.61 Å². The van der Waals surface area contributed by atoms with E-state index in [4.69, 9.17) is 0 Å². The molecule has 0 bridgehead atoms. The molecule has 1 aliphatic rings. The minimum Gasteiger partial charge on any atom is -0.391 e. The highest BCUT2D eigenvalue weighted by molar-refractivity contribution is 5.46. The normalized spacial score (nSPS) is 17.1. The molecule has 1 saturated carbocycles. The van der Waals surface area contributed by atoms with Crippen LogP contribution in [-0.4, -0.2) is 28.2 Å². The average molecular weight is 235 g/mol. The van der Waals surface area contributed by atoms with Crippen molar-refractivity contribution in [3.63, 3.8) is 0 Å². The van der Waals surface area contributed by atoms with Gasteiger partial charge in [-0.05, 0) is 19.8 Å². The molecule has 0 atom stereocenters. The van der Waals surface area contributed by atoms with E-state index in [9.17, 15) is 5.11 Å². The molecule has 1 aromatic rings. The maximum atomic E-state index is 9.35. The van der Waals surface area contributed by atoms with E-state index in [1.165, 1.54) is 32.1 Å². The number of hydrogen-bond donors (Lipinski definition) is 1. The van der Waals surface area contributed by atoms with Crippen LogP contribution in [0, 0.1) is 6.92 Å². The number of rotatable bonds is 3. The predicted octanol–water partition coefficient (Wildman–Crippen LogP) is 2.05. The highest BCUT2D eigenvalue weighted by Crippen LogP contribution is 2.26. The molecule has 0 spiro atoms. The molecular formula is C13H21N3O. The molecule has 0 saturated heterocycles. The zero-order valence-corrected chi connectivity index (χ0v) is 10.7. The van der Waals surface area contributed by atoms with Crippen molar-refractivity contribution in [2.75, 3.05) is 11.9 Å². The Morgan fingerprint density at radius 3 is 2.71 bits per heavy atom. The van der Waals surface area contributed by atoms with E-state index in [1.54, 1.807) is 6.20 Å². The lowest BCUT2D eigenvalue weighted by Crippen LogP contribution is -2.34. The number of aliphatic hydroxyl groups excluding tert-OH is 1. The molecule has 4 nitrogen and oxygen atoms in total. The van der Waals surface area contributed by atoms with Crippen LogP contribution in [0.2, 0.25) is 0 Å². The van der Waals surface area contributed by atoms with Gasteiger partial charge in [0.25, 0.3) is 0 Å². The van der Waals surface area contributed by atoms with Crippen molar-refractivity contribution in [3.05, 3.63) is 17.6 Å². The summed E-state index contributed by atoms with van der Waals surface area (Å²) in [5.74, 6) is 1.66. The Morgan fingerprint density at radius 1 is 1.35 bits per heavy atom. The van der Waals surface area contributed by atoms with Crippen molar-refractivity contribution in [1.82, 2.24) is 9.97 Å². The van der Waals surface area contributed by atoms with Crippen molar-refractivity contribution in [2.45, 2.75) is 51.7 Å².